The van der Waals surface area contributed by atoms with Crippen LogP contribution in [0, 0.1) is 0 Å². The summed E-state index contributed by atoms with van der Waals surface area (Å²) in [6.45, 7) is 2.05. The average molecular weight is 584 g/mol. The van der Waals surface area contributed by atoms with Crippen LogP contribution in [0.2, 0.25) is 0 Å². The number of ether oxygens (including phenoxy) is 1. The van der Waals surface area contributed by atoms with Gasteiger partial charge in [0.15, 0.2) is 0 Å². The van der Waals surface area contributed by atoms with E-state index in [1.165, 1.54) is 10.5 Å². The number of piperazine rings is 1. The van der Waals surface area contributed by atoms with Gasteiger partial charge >= 0.3 is 5.97 Å². The molecule has 0 spiro atoms. The lowest BCUT2D eigenvalue weighted by atomic mass is 9.83. The van der Waals surface area contributed by atoms with E-state index in [-0.39, 0.29) is 36.8 Å². The summed E-state index contributed by atoms with van der Waals surface area (Å²) >= 11 is 0. The number of hydrogen-bond donors (Lipinski definition) is 0. The first kappa shape index (κ1) is 29.2. The number of aryl methyl sites for hydroxylation is 1. The van der Waals surface area contributed by atoms with Gasteiger partial charge in [-0.15, -0.1) is 0 Å². The number of hydrogen-bond acceptors (Lipinski definition) is 8. The molecular formula is C30H37N3O7S. The molecule has 3 aliphatic rings. The van der Waals surface area contributed by atoms with Gasteiger partial charge in [0.1, 0.15) is 12.0 Å². The van der Waals surface area contributed by atoms with Gasteiger partial charge in [-0.1, -0.05) is 24.3 Å². The van der Waals surface area contributed by atoms with E-state index < -0.39 is 16.3 Å². The van der Waals surface area contributed by atoms with Gasteiger partial charge in [0, 0.05) is 31.7 Å². The van der Waals surface area contributed by atoms with Gasteiger partial charge in [-0.3, -0.25) is 19.3 Å². The highest BCUT2D eigenvalue weighted by atomic mass is 32.2. The molecule has 2 aliphatic heterocycles. The van der Waals surface area contributed by atoms with Crippen LogP contribution in [0.1, 0.15) is 59.5 Å². The zero-order valence-corrected chi connectivity index (χ0v) is 24.2. The van der Waals surface area contributed by atoms with Crippen LogP contribution in [0.25, 0.3) is 0 Å². The number of esters is 1. The summed E-state index contributed by atoms with van der Waals surface area (Å²) < 4.78 is 35.0. The lowest BCUT2D eigenvalue weighted by molar-refractivity contribution is -0.137. The number of fused-ring (bicyclic) bond motifs is 1. The number of nitrogens with zero attached hydrogens (tertiary/aromatic N) is 3. The van der Waals surface area contributed by atoms with Crippen molar-refractivity contribution in [2.45, 2.75) is 50.7 Å². The van der Waals surface area contributed by atoms with E-state index in [2.05, 4.69) is 0 Å². The summed E-state index contributed by atoms with van der Waals surface area (Å²) in [5.41, 5.74) is 2.57. The van der Waals surface area contributed by atoms with Gasteiger partial charge in [0.25, 0.3) is 16.0 Å². The van der Waals surface area contributed by atoms with Crippen LogP contribution in [-0.2, 0) is 30.3 Å². The predicted octanol–water partition coefficient (Wildman–Crippen LogP) is 2.78. The first-order valence-corrected chi connectivity index (χ1v) is 16.1. The Morgan fingerprint density at radius 2 is 1.61 bits per heavy atom. The Morgan fingerprint density at radius 3 is 2.34 bits per heavy atom. The summed E-state index contributed by atoms with van der Waals surface area (Å²) in [5, 5.41) is 0. The summed E-state index contributed by atoms with van der Waals surface area (Å²) in [4.78, 5) is 44.2. The minimum atomic E-state index is -3.83. The molecule has 2 aromatic carbocycles. The molecule has 2 aromatic rings. The van der Waals surface area contributed by atoms with Crippen molar-refractivity contribution < 1.29 is 31.7 Å². The van der Waals surface area contributed by atoms with Crippen molar-refractivity contribution in [3.05, 3.63) is 65.2 Å². The van der Waals surface area contributed by atoms with E-state index in [1.807, 2.05) is 24.3 Å². The number of carbonyl (C=O) groups excluding carboxylic acids is 3. The molecule has 0 aromatic heterocycles. The Labute approximate surface area is 241 Å². The van der Waals surface area contributed by atoms with E-state index in [0.29, 0.717) is 37.5 Å². The SMILES string of the molecule is CS(=O)(=O)OC1CN(C(=O)c2ccc(OC(=O)C3CCCc4ccccc43)cc2)CCN1CC(=O)N1CCCCC1. The molecule has 2 amide bonds. The molecule has 0 bridgehead atoms. The lowest BCUT2D eigenvalue weighted by Gasteiger charge is -2.40. The molecule has 11 heteroatoms. The molecule has 5 rings (SSSR count). The second-order valence-corrected chi connectivity index (χ2v) is 12.6. The highest BCUT2D eigenvalue weighted by molar-refractivity contribution is 7.86. The number of rotatable bonds is 7. The van der Waals surface area contributed by atoms with Crippen LogP contribution < -0.4 is 4.74 Å². The molecule has 2 saturated heterocycles. The van der Waals surface area contributed by atoms with Gasteiger partial charge in [-0.05, 0) is 73.9 Å². The molecule has 2 atom stereocenters. The largest absolute Gasteiger partial charge is 0.426 e. The summed E-state index contributed by atoms with van der Waals surface area (Å²) in [5.74, 6) is -0.631. The average Bonchev–Trinajstić information content (AvgIpc) is 2.97. The van der Waals surface area contributed by atoms with Gasteiger partial charge in [-0.2, -0.15) is 8.42 Å². The fraction of sp³-hybridized carbons (Fsp3) is 0.500. The molecule has 220 valence electrons. The van der Waals surface area contributed by atoms with E-state index in [1.54, 1.807) is 34.1 Å². The van der Waals surface area contributed by atoms with Crippen LogP contribution >= 0.6 is 0 Å². The van der Waals surface area contributed by atoms with E-state index in [0.717, 1.165) is 50.3 Å². The predicted molar refractivity (Wildman–Crippen MR) is 152 cm³/mol. The number of likely N-dealkylation sites (tertiary alicyclic amines) is 1. The van der Waals surface area contributed by atoms with Crippen molar-refractivity contribution >= 4 is 27.9 Å². The third-order valence-electron chi connectivity index (χ3n) is 8.03. The molecule has 1 aliphatic carbocycles. The maximum atomic E-state index is 13.3. The monoisotopic (exact) mass is 583 g/mol. The zero-order chi connectivity index (χ0) is 29.0. The van der Waals surface area contributed by atoms with Crippen LogP contribution in [0.5, 0.6) is 5.75 Å². The highest BCUT2D eigenvalue weighted by Gasteiger charge is 2.35. The standard InChI is InChI=1S/C30H37N3O7S/c1-41(37,38)40-28-21-33(19-18-32(28)20-27(34)31-16-5-2-6-17-31)29(35)23-12-14-24(15-13-23)39-30(36)26-11-7-9-22-8-3-4-10-25(22)26/h3-4,8,10,12-15,26,28H,2,5-7,9,11,16-21H2,1H3. The normalized spacial score (nSPS) is 21.7. The number of amides is 2. The van der Waals surface area contributed by atoms with Crippen LogP contribution in [0.3, 0.4) is 0 Å². The van der Waals surface area contributed by atoms with Crippen molar-refractivity contribution in [3.8, 4) is 5.75 Å². The molecule has 0 N–H and O–H groups in total. The Bertz CT molecular complexity index is 1370. The van der Waals surface area contributed by atoms with Crippen LogP contribution in [0.4, 0.5) is 0 Å². The summed E-state index contributed by atoms with van der Waals surface area (Å²) in [7, 11) is -3.83. The maximum absolute atomic E-state index is 13.3. The molecule has 2 unspecified atom stereocenters. The van der Waals surface area contributed by atoms with Crippen molar-refractivity contribution in [1.29, 1.82) is 0 Å². The third-order valence-corrected chi connectivity index (χ3v) is 8.61. The zero-order valence-electron chi connectivity index (χ0n) is 23.4. The minimum absolute atomic E-state index is 0.00297. The van der Waals surface area contributed by atoms with Crippen molar-refractivity contribution in [2.75, 3.05) is 45.5 Å². The van der Waals surface area contributed by atoms with Crippen LogP contribution in [0.15, 0.2) is 48.5 Å². The summed E-state index contributed by atoms with van der Waals surface area (Å²) in [6, 6.07) is 14.3. The fourth-order valence-corrected chi connectivity index (χ4v) is 6.48. The van der Waals surface area contributed by atoms with Crippen molar-refractivity contribution in [3.63, 3.8) is 0 Å². The van der Waals surface area contributed by atoms with Gasteiger partial charge in [-0.25, -0.2) is 4.18 Å². The Balaban J connectivity index is 1.21. The smallest absolute Gasteiger partial charge is 0.318 e. The molecule has 0 saturated carbocycles. The second kappa shape index (κ2) is 12.7. The molecule has 2 fully saturated rings. The quantitative estimate of drug-likeness (QED) is 0.278. The van der Waals surface area contributed by atoms with Crippen LogP contribution in [-0.4, -0.2) is 92.7 Å². The molecule has 41 heavy (non-hydrogen) atoms. The van der Waals surface area contributed by atoms with Gasteiger partial charge < -0.3 is 14.5 Å². The van der Waals surface area contributed by atoms with Crippen molar-refractivity contribution in [1.82, 2.24) is 14.7 Å². The number of benzene rings is 2. The summed E-state index contributed by atoms with van der Waals surface area (Å²) in [6.07, 6.45) is 5.64. The highest BCUT2D eigenvalue weighted by Crippen LogP contribution is 2.33. The fourth-order valence-electron chi connectivity index (χ4n) is 5.90. The van der Waals surface area contributed by atoms with E-state index in [4.69, 9.17) is 8.92 Å². The Morgan fingerprint density at radius 1 is 0.878 bits per heavy atom. The van der Waals surface area contributed by atoms with Crippen molar-refractivity contribution in [2.24, 2.45) is 0 Å². The first-order valence-electron chi connectivity index (χ1n) is 14.3. The topological polar surface area (TPSA) is 114 Å². The minimum Gasteiger partial charge on any atom is -0.426 e. The van der Waals surface area contributed by atoms with Gasteiger partial charge in [0.2, 0.25) is 5.91 Å². The van der Waals surface area contributed by atoms with Gasteiger partial charge in [0.05, 0.1) is 25.3 Å². The Kier molecular flexibility index (Phi) is 9.06. The third kappa shape index (κ3) is 7.33. The number of piperidine rings is 1. The molecule has 10 nitrogen and oxygen atoms in total. The first-order chi connectivity index (χ1) is 19.7. The molecular weight excluding hydrogens is 546 g/mol. The molecule has 2 heterocycles. The lowest BCUT2D eigenvalue weighted by Crippen LogP contribution is -2.58. The van der Waals surface area contributed by atoms with E-state index >= 15 is 0 Å². The molecule has 0 radical (unpaired) electrons. The number of carbonyl (C=O) groups is 3. The van der Waals surface area contributed by atoms with E-state index in [9.17, 15) is 22.8 Å². The Hall–Kier alpha value is -3.28. The maximum Gasteiger partial charge on any atom is 0.318 e. The second-order valence-electron chi connectivity index (χ2n) is 11.0.